The molecule has 0 atom stereocenters. The molecule has 0 spiro atoms. The van der Waals surface area contributed by atoms with Crippen LogP contribution in [0, 0.1) is 5.82 Å². The van der Waals surface area contributed by atoms with Crippen LogP contribution in [0.15, 0.2) is 17.8 Å². The van der Waals surface area contributed by atoms with Gasteiger partial charge < -0.3 is 10.0 Å². The van der Waals surface area contributed by atoms with Gasteiger partial charge in [0.05, 0.1) is 5.56 Å². The van der Waals surface area contributed by atoms with Gasteiger partial charge in [-0.2, -0.15) is 0 Å². The number of rotatable bonds is 4. The number of carbonyl (C=O) groups is 2. The Bertz CT molecular complexity index is 573. The highest BCUT2D eigenvalue weighted by Gasteiger charge is 2.24. The maximum Gasteiger partial charge on any atom is 0.341 e. The Kier molecular flexibility index (Phi) is 4.85. The molecule has 1 heterocycles. The maximum absolute atomic E-state index is 13.3. The van der Waals surface area contributed by atoms with Gasteiger partial charge in [0, 0.05) is 20.3 Å². The molecule has 0 saturated carbocycles. The first-order valence-electron chi connectivity index (χ1n) is 4.91. The lowest BCUT2D eigenvalue weighted by atomic mass is 10.1. The van der Waals surface area contributed by atoms with Crippen LogP contribution in [0.25, 0.3) is 0 Å². The maximum atomic E-state index is 13.3. The number of carboxylic acids is 1. The molecule has 0 aromatic carbocycles. The summed E-state index contributed by atoms with van der Waals surface area (Å²) in [6, 6.07) is 0.756. The number of Topliss-reactive ketones (excluding diaryl/α,β-unsaturated/α-hetero) is 1. The Balaban J connectivity index is 3.33. The van der Waals surface area contributed by atoms with E-state index in [0.717, 1.165) is 12.3 Å². The molecule has 0 aliphatic carbocycles. The van der Waals surface area contributed by atoms with E-state index >= 15 is 0 Å². The molecule has 0 amide bonds. The van der Waals surface area contributed by atoms with E-state index in [4.69, 9.17) is 28.3 Å². The van der Waals surface area contributed by atoms with Gasteiger partial charge in [0.25, 0.3) is 0 Å². The summed E-state index contributed by atoms with van der Waals surface area (Å²) in [7, 11) is 3.08. The molecule has 19 heavy (non-hydrogen) atoms. The first kappa shape index (κ1) is 15.4. The molecule has 0 unspecified atom stereocenters. The molecule has 8 heteroatoms. The van der Waals surface area contributed by atoms with Gasteiger partial charge in [-0.05, 0) is 6.07 Å². The molecule has 102 valence electrons. The van der Waals surface area contributed by atoms with Crippen molar-refractivity contribution in [3.05, 3.63) is 39.5 Å². The Morgan fingerprint density at radius 1 is 1.37 bits per heavy atom. The van der Waals surface area contributed by atoms with E-state index in [2.05, 4.69) is 4.98 Å². The molecule has 0 aliphatic heterocycles. The van der Waals surface area contributed by atoms with Crippen molar-refractivity contribution >= 4 is 35.0 Å². The van der Waals surface area contributed by atoms with Gasteiger partial charge in [-0.1, -0.05) is 23.2 Å². The Morgan fingerprint density at radius 3 is 2.42 bits per heavy atom. The summed E-state index contributed by atoms with van der Waals surface area (Å²) in [5, 5.41) is 8.12. The van der Waals surface area contributed by atoms with Crippen LogP contribution in [0.4, 0.5) is 4.39 Å². The average Bonchev–Trinajstić information content (AvgIpc) is 2.29. The zero-order valence-corrected chi connectivity index (χ0v) is 11.5. The number of carbonyl (C=O) groups excluding carboxylic acids is 1. The second-order valence-electron chi connectivity index (χ2n) is 3.74. The van der Waals surface area contributed by atoms with Crippen molar-refractivity contribution in [3.8, 4) is 0 Å². The highest BCUT2D eigenvalue weighted by Crippen LogP contribution is 2.22. The molecule has 0 fully saturated rings. The molecule has 0 aliphatic rings. The predicted octanol–water partition coefficient (Wildman–Crippen LogP) is 2.24. The van der Waals surface area contributed by atoms with Crippen LogP contribution in [0.2, 0.25) is 10.3 Å². The van der Waals surface area contributed by atoms with Crippen LogP contribution in [0.5, 0.6) is 0 Å². The van der Waals surface area contributed by atoms with Gasteiger partial charge in [-0.25, -0.2) is 14.2 Å². The Hall–Kier alpha value is -1.66. The van der Waals surface area contributed by atoms with E-state index in [9.17, 15) is 14.0 Å². The number of ketones is 1. The van der Waals surface area contributed by atoms with E-state index < -0.39 is 28.3 Å². The molecule has 1 rings (SSSR count). The average molecular weight is 307 g/mol. The zero-order chi connectivity index (χ0) is 14.7. The highest BCUT2D eigenvalue weighted by molar-refractivity contribution is 6.37. The largest absolute Gasteiger partial charge is 0.477 e. The van der Waals surface area contributed by atoms with E-state index in [1.807, 2.05) is 0 Å². The number of hydrogen-bond donors (Lipinski definition) is 1. The summed E-state index contributed by atoms with van der Waals surface area (Å²) in [6.07, 6.45) is 1.09. The first-order chi connectivity index (χ1) is 8.73. The topological polar surface area (TPSA) is 70.5 Å². The minimum absolute atomic E-state index is 0.359. The van der Waals surface area contributed by atoms with Gasteiger partial charge >= 0.3 is 5.97 Å². The highest BCUT2D eigenvalue weighted by atomic mass is 35.5. The Morgan fingerprint density at radius 2 is 1.95 bits per heavy atom. The summed E-state index contributed by atoms with van der Waals surface area (Å²) in [6.45, 7) is 0. The van der Waals surface area contributed by atoms with Gasteiger partial charge in [-0.15, -0.1) is 0 Å². The van der Waals surface area contributed by atoms with Gasteiger partial charge in [0.15, 0.2) is 11.0 Å². The van der Waals surface area contributed by atoms with E-state index in [1.165, 1.54) is 4.90 Å². The second-order valence-corrected chi connectivity index (χ2v) is 4.46. The smallest absolute Gasteiger partial charge is 0.341 e. The number of aliphatic carboxylic acids is 1. The monoisotopic (exact) mass is 306 g/mol. The van der Waals surface area contributed by atoms with Crippen molar-refractivity contribution in [1.29, 1.82) is 0 Å². The molecule has 1 aromatic rings. The molecule has 1 N–H and O–H groups in total. The van der Waals surface area contributed by atoms with Crippen LogP contribution in [-0.2, 0) is 4.79 Å². The molecule has 1 aromatic heterocycles. The third-order valence-electron chi connectivity index (χ3n) is 1.99. The predicted molar refractivity (Wildman–Crippen MR) is 68.0 cm³/mol. The number of carboxylic acid groups (broad SMARTS) is 1. The van der Waals surface area contributed by atoms with E-state index in [-0.39, 0.29) is 10.7 Å². The van der Waals surface area contributed by atoms with Crippen molar-refractivity contribution < 1.29 is 19.1 Å². The fourth-order valence-corrected chi connectivity index (χ4v) is 1.63. The third kappa shape index (κ3) is 3.65. The molecule has 5 nitrogen and oxygen atoms in total. The number of hydrogen-bond acceptors (Lipinski definition) is 4. The lowest BCUT2D eigenvalue weighted by Gasteiger charge is -2.09. The summed E-state index contributed by atoms with van der Waals surface area (Å²) in [5.41, 5.74) is -0.922. The van der Waals surface area contributed by atoms with Crippen molar-refractivity contribution in [2.24, 2.45) is 0 Å². The van der Waals surface area contributed by atoms with Crippen LogP contribution < -0.4 is 0 Å². The van der Waals surface area contributed by atoms with Gasteiger partial charge in [-0.3, -0.25) is 4.79 Å². The molecule has 0 radical (unpaired) electrons. The minimum atomic E-state index is -1.45. The normalized spacial score (nSPS) is 11.3. The number of halogens is 3. The van der Waals surface area contributed by atoms with Gasteiger partial charge in [0.2, 0.25) is 5.78 Å². The molecular weight excluding hydrogens is 298 g/mol. The summed E-state index contributed by atoms with van der Waals surface area (Å²) < 4.78 is 13.3. The lowest BCUT2D eigenvalue weighted by Crippen LogP contribution is -2.17. The molecule has 0 saturated heterocycles. The van der Waals surface area contributed by atoms with Crippen LogP contribution in [-0.4, -0.2) is 40.8 Å². The SMILES string of the molecule is CN(C)/C=C(\C(=O)O)C(=O)c1cc(F)c(Cl)nc1Cl. The summed E-state index contributed by atoms with van der Waals surface area (Å²) in [5.74, 6) is -3.36. The zero-order valence-electron chi connectivity index (χ0n) is 9.95. The van der Waals surface area contributed by atoms with Crippen LogP contribution >= 0.6 is 23.2 Å². The minimum Gasteiger partial charge on any atom is -0.477 e. The van der Waals surface area contributed by atoms with Gasteiger partial charge in [0.1, 0.15) is 10.7 Å². The van der Waals surface area contributed by atoms with E-state index in [1.54, 1.807) is 14.1 Å². The van der Waals surface area contributed by atoms with Crippen molar-refractivity contribution in [2.45, 2.75) is 0 Å². The third-order valence-corrected chi connectivity index (χ3v) is 2.55. The van der Waals surface area contributed by atoms with Crippen LogP contribution in [0.3, 0.4) is 0 Å². The number of pyridine rings is 1. The summed E-state index contributed by atoms with van der Waals surface area (Å²) >= 11 is 11.1. The van der Waals surface area contributed by atoms with Crippen molar-refractivity contribution in [3.63, 3.8) is 0 Å². The summed E-state index contributed by atoms with van der Waals surface area (Å²) in [4.78, 5) is 27.8. The number of aromatic nitrogens is 1. The quantitative estimate of drug-likeness (QED) is 0.304. The fraction of sp³-hybridized carbons (Fsp3) is 0.182. The second kappa shape index (κ2) is 5.99. The Labute approximate surface area is 118 Å². The first-order valence-corrected chi connectivity index (χ1v) is 5.67. The molecule has 0 bridgehead atoms. The van der Waals surface area contributed by atoms with E-state index in [0.29, 0.717) is 0 Å². The number of nitrogens with zero attached hydrogens (tertiary/aromatic N) is 2. The fourth-order valence-electron chi connectivity index (χ4n) is 1.22. The standard InChI is InChI=1S/C11H9Cl2FN2O3/c1-16(2)4-6(11(18)19)8(17)5-3-7(14)10(13)15-9(5)12/h3-4H,1-2H3,(H,18,19)/b6-4-. The van der Waals surface area contributed by atoms with Crippen molar-refractivity contribution in [2.75, 3.05) is 14.1 Å². The van der Waals surface area contributed by atoms with Crippen LogP contribution in [0.1, 0.15) is 10.4 Å². The lowest BCUT2D eigenvalue weighted by molar-refractivity contribution is -0.132. The van der Waals surface area contributed by atoms with Crippen molar-refractivity contribution in [1.82, 2.24) is 9.88 Å². The molecular formula is C11H9Cl2FN2O3.